The number of rotatable bonds is 9. The third-order valence-electron chi connectivity index (χ3n) is 5.38. The zero-order chi connectivity index (χ0) is 23.8. The van der Waals surface area contributed by atoms with E-state index in [2.05, 4.69) is 17.4 Å². The van der Waals surface area contributed by atoms with E-state index in [-0.39, 0.29) is 12.5 Å². The molecule has 4 aromatic carbocycles. The number of carbonyl (C=O) groups is 1. The van der Waals surface area contributed by atoms with E-state index in [1.54, 1.807) is 6.07 Å². The Morgan fingerprint density at radius 3 is 2.24 bits per heavy atom. The van der Waals surface area contributed by atoms with E-state index in [0.29, 0.717) is 29.5 Å². The van der Waals surface area contributed by atoms with Crippen molar-refractivity contribution in [3.63, 3.8) is 0 Å². The van der Waals surface area contributed by atoms with Crippen molar-refractivity contribution in [2.75, 3.05) is 6.61 Å². The van der Waals surface area contributed by atoms with E-state index in [0.717, 1.165) is 28.0 Å². The van der Waals surface area contributed by atoms with Crippen molar-refractivity contribution in [3.05, 3.63) is 119 Å². The molecular formula is C29H26ClNO3. The molecule has 172 valence electrons. The maximum atomic E-state index is 12.8. The van der Waals surface area contributed by atoms with Crippen LogP contribution in [0.2, 0.25) is 5.02 Å². The standard InChI is InChI=1S/C29H26ClNO3/c1-2-33-28-17-14-23(29(32)31-19-24-10-6-7-11-27(24)30)18-25(28)20-34-26-15-12-22(13-16-26)21-8-4-3-5-9-21/h3-18H,2,19-20H2,1H3,(H,31,32). The van der Waals surface area contributed by atoms with Crippen LogP contribution in [-0.4, -0.2) is 12.5 Å². The number of ether oxygens (including phenoxy) is 2. The second-order valence-corrected chi connectivity index (χ2v) is 8.12. The molecule has 0 fully saturated rings. The molecule has 5 heteroatoms. The van der Waals surface area contributed by atoms with Crippen molar-refractivity contribution < 1.29 is 14.3 Å². The van der Waals surface area contributed by atoms with Crippen molar-refractivity contribution in [1.82, 2.24) is 5.32 Å². The zero-order valence-electron chi connectivity index (χ0n) is 19.0. The lowest BCUT2D eigenvalue weighted by molar-refractivity contribution is 0.0950. The molecule has 0 radical (unpaired) electrons. The number of benzene rings is 4. The number of nitrogens with one attached hydrogen (secondary N) is 1. The van der Waals surface area contributed by atoms with Gasteiger partial charge in [-0.25, -0.2) is 0 Å². The lowest BCUT2D eigenvalue weighted by Gasteiger charge is -2.14. The summed E-state index contributed by atoms with van der Waals surface area (Å²) in [5.41, 5.74) is 4.49. The molecule has 1 amide bonds. The quantitative estimate of drug-likeness (QED) is 0.288. The number of carbonyl (C=O) groups excluding carboxylic acids is 1. The van der Waals surface area contributed by atoms with Gasteiger partial charge >= 0.3 is 0 Å². The van der Waals surface area contributed by atoms with Gasteiger partial charge < -0.3 is 14.8 Å². The molecule has 4 nitrogen and oxygen atoms in total. The van der Waals surface area contributed by atoms with Crippen LogP contribution in [-0.2, 0) is 13.2 Å². The molecule has 1 N–H and O–H groups in total. The van der Waals surface area contributed by atoms with Crippen LogP contribution in [0, 0.1) is 0 Å². The van der Waals surface area contributed by atoms with Gasteiger partial charge in [0.2, 0.25) is 0 Å². The Balaban J connectivity index is 1.44. The molecule has 0 unspecified atom stereocenters. The summed E-state index contributed by atoms with van der Waals surface area (Å²) in [4.78, 5) is 12.8. The summed E-state index contributed by atoms with van der Waals surface area (Å²) in [6, 6.07) is 31.0. The van der Waals surface area contributed by atoms with Crippen LogP contribution in [0.15, 0.2) is 97.1 Å². The molecule has 0 saturated carbocycles. The molecule has 4 aromatic rings. The topological polar surface area (TPSA) is 47.6 Å². The Bertz CT molecular complexity index is 1240. The summed E-state index contributed by atoms with van der Waals surface area (Å²) >= 11 is 6.19. The third kappa shape index (κ3) is 5.97. The molecule has 0 heterocycles. The SMILES string of the molecule is CCOc1ccc(C(=O)NCc2ccccc2Cl)cc1COc1ccc(-c2ccccc2)cc1. The fraction of sp³-hybridized carbons (Fsp3) is 0.138. The van der Waals surface area contributed by atoms with Gasteiger partial charge in [-0.15, -0.1) is 0 Å². The fourth-order valence-electron chi connectivity index (χ4n) is 3.58. The molecule has 0 spiro atoms. The van der Waals surface area contributed by atoms with Crippen molar-refractivity contribution in [3.8, 4) is 22.6 Å². The van der Waals surface area contributed by atoms with Gasteiger partial charge in [-0.3, -0.25) is 4.79 Å². The predicted molar refractivity (Wildman–Crippen MR) is 136 cm³/mol. The molecule has 4 rings (SSSR count). The second-order valence-electron chi connectivity index (χ2n) is 7.71. The molecule has 0 bridgehead atoms. The maximum absolute atomic E-state index is 12.8. The lowest BCUT2D eigenvalue weighted by Crippen LogP contribution is -2.23. The van der Waals surface area contributed by atoms with E-state index >= 15 is 0 Å². The molecule has 0 atom stereocenters. The number of hydrogen-bond donors (Lipinski definition) is 1. The summed E-state index contributed by atoms with van der Waals surface area (Å²) in [5.74, 6) is 1.26. The lowest BCUT2D eigenvalue weighted by atomic mass is 10.1. The highest BCUT2D eigenvalue weighted by Crippen LogP contribution is 2.25. The Morgan fingerprint density at radius 1 is 0.794 bits per heavy atom. The normalized spacial score (nSPS) is 10.5. The monoisotopic (exact) mass is 471 g/mol. The smallest absolute Gasteiger partial charge is 0.251 e. The maximum Gasteiger partial charge on any atom is 0.251 e. The first-order valence-electron chi connectivity index (χ1n) is 11.2. The fourth-order valence-corrected chi connectivity index (χ4v) is 3.79. The van der Waals surface area contributed by atoms with Crippen LogP contribution in [0.3, 0.4) is 0 Å². The molecule has 0 aliphatic heterocycles. The summed E-state index contributed by atoms with van der Waals surface area (Å²) in [6.45, 7) is 3.09. The van der Waals surface area contributed by atoms with Gasteiger partial charge in [-0.2, -0.15) is 0 Å². The summed E-state index contributed by atoms with van der Waals surface area (Å²) in [5, 5.41) is 3.55. The first kappa shape index (κ1) is 23.4. The minimum Gasteiger partial charge on any atom is -0.493 e. The minimum atomic E-state index is -0.184. The van der Waals surface area contributed by atoms with Crippen LogP contribution < -0.4 is 14.8 Å². The van der Waals surface area contributed by atoms with Crippen LogP contribution >= 0.6 is 11.6 Å². The molecule has 0 aliphatic carbocycles. The van der Waals surface area contributed by atoms with E-state index in [9.17, 15) is 4.79 Å². The highest BCUT2D eigenvalue weighted by atomic mass is 35.5. The average Bonchev–Trinajstić information content (AvgIpc) is 2.88. The largest absolute Gasteiger partial charge is 0.493 e. The van der Waals surface area contributed by atoms with Gasteiger partial charge in [0.05, 0.1) is 6.61 Å². The second kappa shape index (κ2) is 11.4. The summed E-state index contributed by atoms with van der Waals surface area (Å²) in [6.07, 6.45) is 0. The van der Waals surface area contributed by atoms with Gasteiger partial charge in [0.1, 0.15) is 18.1 Å². The third-order valence-corrected chi connectivity index (χ3v) is 5.74. The number of halogens is 1. The summed E-state index contributed by atoms with van der Waals surface area (Å²) < 4.78 is 11.8. The van der Waals surface area contributed by atoms with Crippen LogP contribution in [0.5, 0.6) is 11.5 Å². The Kier molecular flexibility index (Phi) is 7.84. The first-order valence-corrected chi connectivity index (χ1v) is 11.6. The van der Waals surface area contributed by atoms with Gasteiger partial charge in [-0.05, 0) is 60.0 Å². The predicted octanol–water partition coefficient (Wildman–Crippen LogP) is 6.91. The van der Waals surface area contributed by atoms with Gasteiger partial charge in [0.15, 0.2) is 0 Å². The van der Waals surface area contributed by atoms with Crippen LogP contribution in [0.1, 0.15) is 28.4 Å². The van der Waals surface area contributed by atoms with Crippen molar-refractivity contribution in [1.29, 1.82) is 0 Å². The molecule has 0 aromatic heterocycles. The van der Waals surface area contributed by atoms with E-state index in [4.69, 9.17) is 21.1 Å². The Labute approximate surface area is 205 Å². The Morgan fingerprint density at radius 2 is 1.50 bits per heavy atom. The molecule has 34 heavy (non-hydrogen) atoms. The van der Waals surface area contributed by atoms with Gasteiger partial charge in [0, 0.05) is 22.7 Å². The summed E-state index contributed by atoms with van der Waals surface area (Å²) in [7, 11) is 0. The molecule has 0 aliphatic rings. The van der Waals surface area contributed by atoms with Crippen molar-refractivity contribution in [2.45, 2.75) is 20.1 Å². The molecule has 0 saturated heterocycles. The first-order chi connectivity index (χ1) is 16.6. The zero-order valence-corrected chi connectivity index (χ0v) is 19.7. The average molecular weight is 472 g/mol. The Hall–Kier alpha value is -3.76. The minimum absolute atomic E-state index is 0.184. The van der Waals surface area contributed by atoms with E-state index in [1.807, 2.05) is 85.8 Å². The van der Waals surface area contributed by atoms with E-state index < -0.39 is 0 Å². The van der Waals surface area contributed by atoms with Crippen LogP contribution in [0.4, 0.5) is 0 Å². The van der Waals surface area contributed by atoms with Gasteiger partial charge in [0.25, 0.3) is 5.91 Å². The highest BCUT2D eigenvalue weighted by Gasteiger charge is 2.12. The van der Waals surface area contributed by atoms with Crippen LogP contribution in [0.25, 0.3) is 11.1 Å². The number of amides is 1. The van der Waals surface area contributed by atoms with Gasteiger partial charge in [-0.1, -0.05) is 72.3 Å². The number of hydrogen-bond acceptors (Lipinski definition) is 3. The van der Waals surface area contributed by atoms with Crippen molar-refractivity contribution >= 4 is 17.5 Å². The van der Waals surface area contributed by atoms with Crippen molar-refractivity contribution in [2.24, 2.45) is 0 Å². The van der Waals surface area contributed by atoms with E-state index in [1.165, 1.54) is 0 Å². The highest BCUT2D eigenvalue weighted by molar-refractivity contribution is 6.31. The molecular weight excluding hydrogens is 446 g/mol.